The molecule has 81 heavy (non-hydrogen) atoms. The Balaban J connectivity index is 0.00000561. The lowest BCUT2D eigenvalue weighted by Gasteiger charge is -2.25. The molecule has 0 fully saturated rings. The third kappa shape index (κ3) is 22.9. The third-order valence-corrected chi connectivity index (χ3v) is 13.8. The summed E-state index contributed by atoms with van der Waals surface area (Å²) in [4.78, 5) is 128. The summed E-state index contributed by atoms with van der Waals surface area (Å²) in [5.74, 6) is -5.50. The van der Waals surface area contributed by atoms with Gasteiger partial charge in [0.2, 0.25) is 17.7 Å². The van der Waals surface area contributed by atoms with E-state index in [1.54, 1.807) is 36.4 Å². The Hall–Kier alpha value is -8.14. The Morgan fingerprint density at radius 3 is 1.86 bits per heavy atom. The van der Waals surface area contributed by atoms with Crippen LogP contribution in [0.1, 0.15) is 134 Å². The Bertz CT molecular complexity index is 2860. The number of ketones is 3. The second kappa shape index (κ2) is 34.8. The minimum absolute atomic E-state index is 0.0140. The van der Waals surface area contributed by atoms with Crippen molar-refractivity contribution in [3.05, 3.63) is 76.5 Å². The molecule has 2 aromatic carbocycles. The Labute approximate surface area is 471 Å². The van der Waals surface area contributed by atoms with Crippen LogP contribution in [0, 0.1) is 23.2 Å². The van der Waals surface area contributed by atoms with E-state index in [1.165, 1.54) is 45.0 Å². The molecule has 2 aliphatic rings. The smallest absolute Gasteiger partial charge is 0.373 e. The average molecular weight is 1120 g/mol. The number of Topliss-reactive ketones (excluding diaryl/α,β-unsaturated/α-hetero) is 3. The minimum Gasteiger partial charge on any atom is -0.508 e. The molecule has 0 aromatic heterocycles. The van der Waals surface area contributed by atoms with Gasteiger partial charge >= 0.3 is 6.15 Å². The Morgan fingerprint density at radius 2 is 1.23 bits per heavy atom. The van der Waals surface area contributed by atoms with Gasteiger partial charge in [0.25, 0.3) is 5.91 Å². The fraction of sp³-hybridized carbons (Fsp3) is 0.500. The predicted molar refractivity (Wildman–Crippen MR) is 306 cm³/mol. The molecule has 440 valence electrons. The van der Waals surface area contributed by atoms with Crippen LogP contribution in [0.15, 0.2) is 74.9 Å². The molecule has 1 aliphatic heterocycles. The lowest BCUT2D eigenvalue weighted by atomic mass is 9.89. The van der Waals surface area contributed by atoms with Crippen LogP contribution in [0.2, 0.25) is 0 Å². The second-order valence-electron chi connectivity index (χ2n) is 20.5. The fourth-order valence-electron chi connectivity index (χ4n) is 9.16. The summed E-state index contributed by atoms with van der Waals surface area (Å²) in [5.41, 5.74) is 30.5. The van der Waals surface area contributed by atoms with Crippen molar-refractivity contribution in [2.24, 2.45) is 51.4 Å². The topological polar surface area (TPSA) is 418 Å². The summed E-state index contributed by atoms with van der Waals surface area (Å²) in [6.07, 6.45) is 5.62. The van der Waals surface area contributed by atoms with E-state index in [2.05, 4.69) is 26.3 Å². The number of benzene rings is 3. The van der Waals surface area contributed by atoms with Crippen molar-refractivity contribution in [2.75, 3.05) is 19.6 Å². The highest BCUT2D eigenvalue weighted by molar-refractivity contribution is 6.04. The van der Waals surface area contributed by atoms with Gasteiger partial charge in [0.1, 0.15) is 17.1 Å². The van der Waals surface area contributed by atoms with Crippen LogP contribution in [0.3, 0.4) is 0 Å². The van der Waals surface area contributed by atoms with Crippen molar-refractivity contribution in [3.63, 3.8) is 0 Å². The molecule has 2 aromatic rings. The predicted octanol–water partition coefficient (Wildman–Crippen LogP) is 3.85. The number of hydrogen-bond acceptors (Lipinski definition) is 16. The first-order chi connectivity index (χ1) is 38.5. The van der Waals surface area contributed by atoms with Gasteiger partial charge in [-0.2, -0.15) is 9.59 Å². The number of amidine groups is 1. The van der Waals surface area contributed by atoms with Gasteiger partial charge in [-0.15, -0.1) is 0 Å². The summed E-state index contributed by atoms with van der Waals surface area (Å²) in [7, 11) is 0. The van der Waals surface area contributed by atoms with Crippen LogP contribution in [-0.4, -0.2) is 108 Å². The lowest BCUT2D eigenvalue weighted by molar-refractivity contribution is -0.191. The minimum atomic E-state index is -1.08. The van der Waals surface area contributed by atoms with Crippen molar-refractivity contribution >= 4 is 69.9 Å². The van der Waals surface area contributed by atoms with Crippen LogP contribution in [-0.2, 0) is 38.4 Å². The maximum Gasteiger partial charge on any atom is 0.373 e. The number of unbranched alkanes of at least 4 members (excludes halogenated alkanes) is 3. The first-order valence-corrected chi connectivity index (χ1v) is 27.4. The zero-order valence-corrected chi connectivity index (χ0v) is 46.8. The molecule has 4 amide bonds. The van der Waals surface area contributed by atoms with Gasteiger partial charge in [0, 0.05) is 90.2 Å². The van der Waals surface area contributed by atoms with Crippen molar-refractivity contribution in [2.45, 2.75) is 148 Å². The molecule has 0 radical (unpaired) electrons. The Kier molecular flexibility index (Phi) is 28.8. The SMILES string of the molecule is C[C@H](CCCCC(=N)N)NC(=O)[C@H](CCCCN)CC(=O)[C@H](CCCCN)NC(=O)[C@H](CCCN=C(N)N)CC(=O)[C@H](C)NC(=O)[C@H](C)CC(=O)[C@H](C)NC(=O)c1ccc(-c2c3ccc(=O)cc-3oc3cc(O)ccc23)cc1.O=C=O. The quantitative estimate of drug-likeness (QED) is 0.0135. The molecule has 7 atom stereocenters. The number of guanidine groups is 1. The van der Waals surface area contributed by atoms with Crippen molar-refractivity contribution in [3.8, 4) is 28.2 Å². The second-order valence-corrected chi connectivity index (χ2v) is 20.5. The number of hydrogen-bond donors (Lipinski definition) is 11. The van der Waals surface area contributed by atoms with Gasteiger partial charge in [-0.1, -0.05) is 31.9 Å². The molecular weight excluding hydrogens is 1040 g/mol. The molecule has 0 unspecified atom stereocenters. The van der Waals surface area contributed by atoms with E-state index in [0.29, 0.717) is 98.7 Å². The number of phenols is 1. The summed E-state index contributed by atoms with van der Waals surface area (Å²) in [6.45, 7) is 7.33. The van der Waals surface area contributed by atoms with Crippen LogP contribution in [0.4, 0.5) is 0 Å². The van der Waals surface area contributed by atoms with Crippen molar-refractivity contribution in [1.29, 1.82) is 5.41 Å². The van der Waals surface area contributed by atoms with Gasteiger partial charge in [-0.3, -0.25) is 48.8 Å². The number of phenolic OH excluding ortho intramolecular Hbond substituents is 1. The first-order valence-electron chi connectivity index (χ1n) is 27.4. The molecule has 0 saturated carbocycles. The molecular formula is C58H81N11O12. The van der Waals surface area contributed by atoms with Gasteiger partial charge in [0.15, 0.2) is 28.7 Å². The summed E-state index contributed by atoms with van der Waals surface area (Å²) < 4.78 is 5.93. The molecule has 16 N–H and O–H groups in total. The lowest BCUT2D eigenvalue weighted by Crippen LogP contribution is -2.47. The number of nitrogens with one attached hydrogen (secondary N) is 5. The molecule has 23 heteroatoms. The van der Waals surface area contributed by atoms with Crippen LogP contribution < -0.4 is 55.4 Å². The van der Waals surface area contributed by atoms with E-state index in [0.717, 1.165) is 12.0 Å². The van der Waals surface area contributed by atoms with Crippen LogP contribution in [0.5, 0.6) is 5.75 Å². The number of nitrogens with two attached hydrogens (primary N) is 5. The molecule has 23 nitrogen and oxygen atoms in total. The first kappa shape index (κ1) is 67.1. The zero-order valence-electron chi connectivity index (χ0n) is 46.8. The maximum absolute atomic E-state index is 14.2. The van der Waals surface area contributed by atoms with E-state index in [-0.39, 0.29) is 91.1 Å². The largest absolute Gasteiger partial charge is 0.508 e. The van der Waals surface area contributed by atoms with E-state index in [4.69, 9.17) is 48.1 Å². The van der Waals surface area contributed by atoms with Gasteiger partial charge in [-0.25, -0.2) is 0 Å². The van der Waals surface area contributed by atoms with E-state index < -0.39 is 65.2 Å². The van der Waals surface area contributed by atoms with E-state index in [9.17, 15) is 43.5 Å². The molecule has 0 spiro atoms. The molecule has 1 heterocycles. The molecule has 1 aliphatic carbocycles. The van der Waals surface area contributed by atoms with E-state index >= 15 is 0 Å². The number of carbonyl (C=O) groups is 7. The third-order valence-electron chi connectivity index (χ3n) is 13.8. The maximum atomic E-state index is 14.2. The highest BCUT2D eigenvalue weighted by Gasteiger charge is 2.32. The normalized spacial score (nSPS) is 13.6. The number of aromatic hydroxyl groups is 1. The molecule has 4 rings (SSSR count). The summed E-state index contributed by atoms with van der Waals surface area (Å²) in [5, 5.41) is 29.5. The summed E-state index contributed by atoms with van der Waals surface area (Å²) >= 11 is 0. The molecule has 0 bridgehead atoms. The van der Waals surface area contributed by atoms with Gasteiger partial charge in [0.05, 0.1) is 24.0 Å². The summed E-state index contributed by atoms with van der Waals surface area (Å²) in [6, 6.07) is 12.5. The van der Waals surface area contributed by atoms with Crippen LogP contribution in [0.25, 0.3) is 33.4 Å². The number of nitrogens with zero attached hydrogens (tertiary/aromatic N) is 1. The number of fused-ring (bicyclic) bond motifs is 2. The van der Waals surface area contributed by atoms with Gasteiger partial charge in [-0.05, 0) is 134 Å². The number of carbonyl (C=O) groups excluding carboxylic acids is 9. The highest BCUT2D eigenvalue weighted by Crippen LogP contribution is 2.40. The standard InChI is InChI=1S/C57H81N11O10.CO2/c1-33(28-46(71)35(3)67-54(75)38-19-17-37(18-20-38)52-43-23-21-41(69)31-49(43)78-50-32-42(70)22-24-44(50)52)53(74)66-36(4)47(72)29-40(14-11-27-64-57(62)63)56(77)68-45(15-8-10-26-59)48(73)30-39(13-7-9-25-58)55(76)65-34(2)12-5-6-16-51(60)61;2-1-3/h17-24,31-36,39-40,45,69H,5-16,25-30,58-59H2,1-4H3,(H3,60,61)(H,65,76)(H,66,74)(H,67,75)(H,68,77)(H4,62,63,64);/t33-,34-,35+,36+,39-,40-,45+;/m1./s1. The monoisotopic (exact) mass is 1120 g/mol. The number of aliphatic imine (C=N–C) groups is 1. The van der Waals surface area contributed by atoms with Crippen molar-refractivity contribution < 1.29 is 52.7 Å². The van der Waals surface area contributed by atoms with Gasteiger partial charge < -0.3 is 59.5 Å². The molecule has 0 saturated heterocycles. The fourth-order valence-corrected chi connectivity index (χ4v) is 9.16. The number of rotatable bonds is 35. The van der Waals surface area contributed by atoms with E-state index in [1.807, 2.05) is 6.92 Å². The average Bonchev–Trinajstić information content (AvgIpc) is 3.52. The van der Waals surface area contributed by atoms with Crippen molar-refractivity contribution in [1.82, 2.24) is 21.3 Å². The number of amides is 4. The highest BCUT2D eigenvalue weighted by atomic mass is 16.3. The van der Waals surface area contributed by atoms with Crippen LogP contribution >= 0.6 is 0 Å². The zero-order chi connectivity index (χ0) is 60.2. The Morgan fingerprint density at radius 1 is 0.654 bits per heavy atom.